The summed E-state index contributed by atoms with van der Waals surface area (Å²) in [6.45, 7) is 2.11. The average Bonchev–Trinajstić information content (AvgIpc) is 2.49. The van der Waals surface area contributed by atoms with Gasteiger partial charge in [0.15, 0.2) is 0 Å². The van der Waals surface area contributed by atoms with Crippen LogP contribution >= 0.6 is 0 Å². The Balaban J connectivity index is 2.49. The molecule has 0 aromatic heterocycles. The van der Waals surface area contributed by atoms with Crippen molar-refractivity contribution in [3.05, 3.63) is 12.2 Å². The summed E-state index contributed by atoms with van der Waals surface area (Å²) in [6, 6.07) is -0.490. The molecule has 0 bridgehead atoms. The van der Waals surface area contributed by atoms with Gasteiger partial charge in [-0.1, -0.05) is 19.1 Å². The van der Waals surface area contributed by atoms with Crippen molar-refractivity contribution < 1.29 is 9.53 Å². The summed E-state index contributed by atoms with van der Waals surface area (Å²) in [5.41, 5.74) is 5.67. The molecule has 3 atom stereocenters. The lowest BCUT2D eigenvalue weighted by atomic mass is 9.97. The summed E-state index contributed by atoms with van der Waals surface area (Å²) in [5, 5.41) is 0. The number of methoxy groups -OCH3 is 1. The largest absolute Gasteiger partial charge is 0.468 e. The van der Waals surface area contributed by atoms with E-state index in [1.807, 2.05) is 6.08 Å². The molecular formula is C9H15NO2. The van der Waals surface area contributed by atoms with E-state index in [0.717, 1.165) is 6.42 Å². The molecule has 1 rings (SSSR count). The Kier molecular flexibility index (Phi) is 2.87. The van der Waals surface area contributed by atoms with Gasteiger partial charge in [-0.15, -0.1) is 0 Å². The zero-order chi connectivity index (χ0) is 9.14. The highest BCUT2D eigenvalue weighted by atomic mass is 16.5. The lowest BCUT2D eigenvalue weighted by molar-refractivity contribution is -0.143. The van der Waals surface area contributed by atoms with E-state index in [1.165, 1.54) is 7.11 Å². The Morgan fingerprint density at radius 3 is 2.75 bits per heavy atom. The van der Waals surface area contributed by atoms with Gasteiger partial charge in [0.05, 0.1) is 7.11 Å². The third-order valence-corrected chi connectivity index (χ3v) is 2.27. The topological polar surface area (TPSA) is 52.3 Å². The van der Waals surface area contributed by atoms with E-state index in [4.69, 9.17) is 5.73 Å². The molecule has 0 amide bonds. The number of hydrogen-bond donors (Lipinski definition) is 1. The number of ether oxygens (including phenoxy) is 1. The highest BCUT2D eigenvalue weighted by Gasteiger charge is 2.27. The van der Waals surface area contributed by atoms with Gasteiger partial charge in [0, 0.05) is 5.92 Å². The lowest BCUT2D eigenvalue weighted by Crippen LogP contribution is -2.37. The first-order valence-corrected chi connectivity index (χ1v) is 4.17. The van der Waals surface area contributed by atoms with Gasteiger partial charge < -0.3 is 10.5 Å². The highest BCUT2D eigenvalue weighted by molar-refractivity contribution is 5.76. The van der Waals surface area contributed by atoms with E-state index >= 15 is 0 Å². The van der Waals surface area contributed by atoms with Crippen molar-refractivity contribution in [2.75, 3.05) is 7.11 Å². The monoisotopic (exact) mass is 169 g/mol. The Hall–Kier alpha value is -0.830. The molecule has 1 aliphatic carbocycles. The molecule has 3 nitrogen and oxygen atoms in total. The molecule has 0 heterocycles. The second kappa shape index (κ2) is 3.72. The van der Waals surface area contributed by atoms with Crippen LogP contribution in [-0.2, 0) is 9.53 Å². The molecular weight excluding hydrogens is 154 g/mol. The highest BCUT2D eigenvalue weighted by Crippen LogP contribution is 2.25. The van der Waals surface area contributed by atoms with Gasteiger partial charge >= 0.3 is 5.97 Å². The Morgan fingerprint density at radius 2 is 2.33 bits per heavy atom. The van der Waals surface area contributed by atoms with Crippen LogP contribution in [0.15, 0.2) is 12.2 Å². The van der Waals surface area contributed by atoms with Gasteiger partial charge in [0.2, 0.25) is 0 Å². The predicted octanol–water partition coefficient (Wildman–Crippen LogP) is 0.699. The van der Waals surface area contributed by atoms with E-state index in [2.05, 4.69) is 17.7 Å². The van der Waals surface area contributed by atoms with E-state index in [9.17, 15) is 4.79 Å². The maximum absolute atomic E-state index is 11.0. The fourth-order valence-electron chi connectivity index (χ4n) is 1.50. The number of carbonyl (C=O) groups excluding carboxylic acids is 1. The van der Waals surface area contributed by atoms with Crippen LogP contribution in [0.1, 0.15) is 13.3 Å². The molecule has 68 valence electrons. The molecule has 0 saturated heterocycles. The van der Waals surface area contributed by atoms with E-state index in [1.54, 1.807) is 0 Å². The van der Waals surface area contributed by atoms with Crippen molar-refractivity contribution in [3.63, 3.8) is 0 Å². The maximum Gasteiger partial charge on any atom is 0.323 e. The number of carbonyl (C=O) groups is 1. The van der Waals surface area contributed by atoms with Gasteiger partial charge in [-0.3, -0.25) is 4.79 Å². The molecule has 12 heavy (non-hydrogen) atoms. The zero-order valence-electron chi connectivity index (χ0n) is 7.49. The maximum atomic E-state index is 11.0. The predicted molar refractivity (Wildman–Crippen MR) is 46.4 cm³/mol. The summed E-state index contributed by atoms with van der Waals surface area (Å²) in [4.78, 5) is 11.0. The Morgan fingerprint density at radius 1 is 1.67 bits per heavy atom. The molecule has 3 unspecified atom stereocenters. The number of nitrogens with two attached hydrogens (primary N) is 1. The van der Waals surface area contributed by atoms with E-state index in [-0.39, 0.29) is 11.9 Å². The van der Waals surface area contributed by atoms with Crippen molar-refractivity contribution in [2.45, 2.75) is 19.4 Å². The van der Waals surface area contributed by atoms with Crippen molar-refractivity contribution in [3.8, 4) is 0 Å². The van der Waals surface area contributed by atoms with Gasteiger partial charge in [0.25, 0.3) is 0 Å². The first kappa shape index (κ1) is 9.26. The number of esters is 1. The minimum Gasteiger partial charge on any atom is -0.468 e. The minimum absolute atomic E-state index is 0.160. The molecule has 0 aromatic carbocycles. The third-order valence-electron chi connectivity index (χ3n) is 2.27. The fraction of sp³-hybridized carbons (Fsp3) is 0.667. The van der Waals surface area contributed by atoms with Gasteiger partial charge in [-0.2, -0.15) is 0 Å². The first-order chi connectivity index (χ1) is 5.65. The Labute approximate surface area is 72.6 Å². The summed E-state index contributed by atoms with van der Waals surface area (Å²) < 4.78 is 4.56. The summed E-state index contributed by atoms with van der Waals surface area (Å²) in [7, 11) is 1.37. The molecule has 3 heteroatoms. The Bertz CT molecular complexity index is 201. The number of allylic oxidation sites excluding steroid dienone is 1. The smallest absolute Gasteiger partial charge is 0.323 e. The van der Waals surface area contributed by atoms with Crippen LogP contribution in [0.2, 0.25) is 0 Å². The number of rotatable bonds is 2. The van der Waals surface area contributed by atoms with Crippen molar-refractivity contribution in [1.29, 1.82) is 0 Å². The molecule has 0 saturated carbocycles. The summed E-state index contributed by atoms with van der Waals surface area (Å²) >= 11 is 0. The van der Waals surface area contributed by atoms with Crippen LogP contribution in [0.4, 0.5) is 0 Å². The van der Waals surface area contributed by atoms with Crippen LogP contribution in [0.3, 0.4) is 0 Å². The third kappa shape index (κ3) is 1.85. The molecule has 0 fully saturated rings. The molecule has 2 N–H and O–H groups in total. The second-order valence-corrected chi connectivity index (χ2v) is 3.31. The number of hydrogen-bond acceptors (Lipinski definition) is 3. The van der Waals surface area contributed by atoms with Crippen molar-refractivity contribution >= 4 is 5.97 Å². The van der Waals surface area contributed by atoms with Crippen LogP contribution in [-0.4, -0.2) is 19.1 Å². The molecule has 0 radical (unpaired) electrons. The summed E-state index contributed by atoms with van der Waals surface area (Å²) in [5.74, 6) is 0.372. The van der Waals surface area contributed by atoms with Crippen LogP contribution < -0.4 is 5.73 Å². The molecule has 0 aromatic rings. The standard InChI is InChI=1S/C9H15NO2/c1-6-3-4-7(5-6)8(10)9(11)12-2/h3-4,6-8H,5,10H2,1-2H3. The summed E-state index contributed by atoms with van der Waals surface area (Å²) in [6.07, 6.45) is 5.05. The van der Waals surface area contributed by atoms with Crippen molar-refractivity contribution in [2.24, 2.45) is 17.6 Å². The second-order valence-electron chi connectivity index (χ2n) is 3.31. The molecule has 0 spiro atoms. The average molecular weight is 169 g/mol. The minimum atomic E-state index is -0.490. The van der Waals surface area contributed by atoms with Crippen LogP contribution in [0.5, 0.6) is 0 Å². The molecule has 0 aliphatic heterocycles. The lowest BCUT2D eigenvalue weighted by Gasteiger charge is -2.15. The zero-order valence-corrected chi connectivity index (χ0v) is 7.49. The van der Waals surface area contributed by atoms with Gasteiger partial charge in [0.1, 0.15) is 6.04 Å². The first-order valence-electron chi connectivity index (χ1n) is 4.17. The fourth-order valence-corrected chi connectivity index (χ4v) is 1.50. The van der Waals surface area contributed by atoms with Gasteiger partial charge in [-0.25, -0.2) is 0 Å². The molecule has 1 aliphatic rings. The van der Waals surface area contributed by atoms with E-state index in [0.29, 0.717) is 5.92 Å². The normalized spacial score (nSPS) is 30.2. The van der Waals surface area contributed by atoms with Crippen LogP contribution in [0, 0.1) is 11.8 Å². The van der Waals surface area contributed by atoms with Crippen molar-refractivity contribution in [1.82, 2.24) is 0 Å². The van der Waals surface area contributed by atoms with E-state index < -0.39 is 6.04 Å². The van der Waals surface area contributed by atoms with Crippen LogP contribution in [0.25, 0.3) is 0 Å². The van der Waals surface area contributed by atoms with Gasteiger partial charge in [-0.05, 0) is 12.3 Å². The SMILES string of the molecule is COC(=O)C(N)C1C=CC(C)C1. The quantitative estimate of drug-likeness (QED) is 0.489.